The summed E-state index contributed by atoms with van der Waals surface area (Å²) in [4.78, 5) is -0.0433. The Kier molecular flexibility index (Phi) is 7.06. The largest absolute Gasteiger partial charge is 0.435 e. The zero-order valence-electron chi connectivity index (χ0n) is 15.0. The van der Waals surface area contributed by atoms with Crippen LogP contribution in [0.4, 0.5) is 8.78 Å². The molecule has 13 heteroatoms. The number of sulfone groups is 1. The van der Waals surface area contributed by atoms with E-state index in [2.05, 4.69) is 14.9 Å². The smallest absolute Gasteiger partial charge is 0.387 e. The number of nitrogen functional groups attached to an aromatic ring is 1. The predicted octanol–water partition coefficient (Wildman–Crippen LogP) is 4.13. The lowest BCUT2D eigenvalue weighted by atomic mass is 10.2. The van der Waals surface area contributed by atoms with Gasteiger partial charge in [-0.25, -0.2) is 13.1 Å². The topological polar surface area (TPSA) is 100 Å². The molecule has 0 aliphatic rings. The number of hydrogen-bond donors (Lipinski definition) is 1. The molecule has 7 nitrogen and oxygen atoms in total. The normalized spacial score (nSPS) is 11.8. The molecule has 0 amide bonds. The van der Waals surface area contributed by atoms with Crippen LogP contribution in [0.2, 0.25) is 10.0 Å². The lowest BCUT2D eigenvalue weighted by molar-refractivity contribution is -0.0498. The van der Waals surface area contributed by atoms with E-state index in [0.29, 0.717) is 5.56 Å². The molecule has 1 aromatic heterocycles. The van der Waals surface area contributed by atoms with Crippen molar-refractivity contribution in [2.75, 3.05) is 17.3 Å². The predicted molar refractivity (Wildman–Crippen MR) is 111 cm³/mol. The number of nitrogens with two attached hydrogens (primary N) is 1. The van der Waals surface area contributed by atoms with Crippen LogP contribution in [0.3, 0.4) is 0 Å². The van der Waals surface area contributed by atoms with E-state index in [0.717, 1.165) is 11.8 Å². The number of aromatic nitrogens is 3. The second kappa shape index (κ2) is 9.38. The van der Waals surface area contributed by atoms with E-state index >= 15 is 0 Å². The first-order valence-electron chi connectivity index (χ1n) is 8.24. The molecule has 0 fully saturated rings. The maximum Gasteiger partial charge on any atom is 0.387 e. The third kappa shape index (κ3) is 5.34. The van der Waals surface area contributed by atoms with Gasteiger partial charge in [-0.3, -0.25) is 0 Å². The van der Waals surface area contributed by atoms with E-state index in [1.54, 1.807) is 0 Å². The summed E-state index contributed by atoms with van der Waals surface area (Å²) in [5.41, 5.74) is 0.525. The number of thioether (sulfide) groups is 1. The Morgan fingerprint density at radius 3 is 2.50 bits per heavy atom. The van der Waals surface area contributed by atoms with Gasteiger partial charge >= 0.3 is 6.61 Å². The number of benzene rings is 2. The number of hydrogen-bond acceptors (Lipinski definition) is 7. The second-order valence-electron chi connectivity index (χ2n) is 5.82. The molecular formula is C17H14Cl2F2N4O3S2. The van der Waals surface area contributed by atoms with Crippen LogP contribution in [0.1, 0.15) is 0 Å². The number of ether oxygens (including phenoxy) is 1. The minimum Gasteiger partial charge on any atom is -0.435 e. The number of alkyl halides is 2. The Bertz CT molecular complexity index is 1140. The molecule has 2 N–H and O–H groups in total. The monoisotopic (exact) mass is 494 g/mol. The molecule has 3 aromatic rings. The van der Waals surface area contributed by atoms with Crippen molar-refractivity contribution in [2.24, 2.45) is 0 Å². The van der Waals surface area contributed by atoms with Crippen LogP contribution in [0.25, 0.3) is 11.4 Å². The van der Waals surface area contributed by atoms with E-state index in [9.17, 15) is 17.2 Å². The van der Waals surface area contributed by atoms with Crippen molar-refractivity contribution in [3.8, 4) is 17.1 Å². The molecule has 0 atom stereocenters. The van der Waals surface area contributed by atoms with Crippen LogP contribution < -0.4 is 10.6 Å². The summed E-state index contributed by atoms with van der Waals surface area (Å²) < 4.78 is 55.0. The van der Waals surface area contributed by atoms with Crippen molar-refractivity contribution in [3.63, 3.8) is 0 Å². The van der Waals surface area contributed by atoms with Gasteiger partial charge in [-0.2, -0.15) is 8.78 Å². The van der Waals surface area contributed by atoms with Crippen LogP contribution in [0.5, 0.6) is 5.75 Å². The van der Waals surface area contributed by atoms with Gasteiger partial charge in [0.25, 0.3) is 0 Å². The standard InChI is InChI=1S/C17H14Cl2F2N4O3S2/c18-11-3-6-13(19)14(9-11)30(26,27)8-7-29-17-24-23-15(25(17)22)10-1-4-12(5-2-10)28-16(20)21/h1-6,9,16H,7-8,22H2. The third-order valence-corrected chi connectivity index (χ3v) is 7.44. The van der Waals surface area contributed by atoms with E-state index < -0.39 is 16.4 Å². The summed E-state index contributed by atoms with van der Waals surface area (Å²) in [7, 11) is -3.67. The van der Waals surface area contributed by atoms with Crippen LogP contribution >= 0.6 is 35.0 Å². The molecule has 0 spiro atoms. The summed E-state index contributed by atoms with van der Waals surface area (Å²) in [5.74, 6) is 6.18. The van der Waals surface area contributed by atoms with E-state index in [1.165, 1.54) is 47.1 Å². The molecule has 3 rings (SSSR count). The van der Waals surface area contributed by atoms with Gasteiger partial charge in [0.1, 0.15) is 5.75 Å². The highest BCUT2D eigenvalue weighted by Gasteiger charge is 2.20. The zero-order valence-corrected chi connectivity index (χ0v) is 18.1. The molecule has 0 unspecified atom stereocenters. The first-order valence-corrected chi connectivity index (χ1v) is 11.6. The molecule has 0 saturated carbocycles. The van der Waals surface area contributed by atoms with Crippen molar-refractivity contribution in [1.82, 2.24) is 14.9 Å². The summed E-state index contributed by atoms with van der Waals surface area (Å²) in [5, 5.41) is 8.55. The van der Waals surface area contributed by atoms with Gasteiger partial charge in [0.05, 0.1) is 15.7 Å². The van der Waals surface area contributed by atoms with Crippen molar-refractivity contribution in [3.05, 3.63) is 52.5 Å². The highest BCUT2D eigenvalue weighted by Crippen LogP contribution is 2.28. The molecule has 2 aromatic carbocycles. The SMILES string of the molecule is Nn1c(SCCS(=O)(=O)c2cc(Cl)ccc2Cl)nnc1-c1ccc(OC(F)F)cc1. The minimum absolute atomic E-state index is 0.00341. The van der Waals surface area contributed by atoms with Crippen LogP contribution in [-0.2, 0) is 9.84 Å². The molecule has 0 radical (unpaired) electrons. The molecule has 0 aliphatic heterocycles. The van der Waals surface area contributed by atoms with Gasteiger partial charge in [-0.05, 0) is 42.5 Å². The van der Waals surface area contributed by atoms with Crippen LogP contribution in [0, 0.1) is 0 Å². The van der Waals surface area contributed by atoms with Gasteiger partial charge < -0.3 is 10.6 Å². The fraction of sp³-hybridized carbons (Fsp3) is 0.176. The number of nitrogens with zero attached hydrogens (tertiary/aromatic N) is 3. The first kappa shape index (κ1) is 22.6. The second-order valence-corrected chi connectivity index (χ2v) is 9.80. The fourth-order valence-corrected chi connectivity index (χ4v) is 5.74. The Hall–Kier alpha value is -2.08. The summed E-state index contributed by atoms with van der Waals surface area (Å²) in [6.07, 6.45) is 0. The average molecular weight is 495 g/mol. The summed E-state index contributed by atoms with van der Waals surface area (Å²) in [6.45, 7) is -2.92. The van der Waals surface area contributed by atoms with Crippen LogP contribution in [-0.4, -0.2) is 41.4 Å². The average Bonchev–Trinajstić information content (AvgIpc) is 3.04. The minimum atomic E-state index is -3.67. The maximum atomic E-state index is 12.5. The Balaban J connectivity index is 1.67. The zero-order chi connectivity index (χ0) is 21.9. The number of rotatable bonds is 8. The Labute approximate surface area is 185 Å². The van der Waals surface area contributed by atoms with E-state index in [4.69, 9.17) is 29.0 Å². The summed E-state index contributed by atoms with van der Waals surface area (Å²) in [6, 6.07) is 9.94. The number of halogens is 4. The fourth-order valence-electron chi connectivity index (χ4n) is 2.43. The van der Waals surface area contributed by atoms with E-state index in [1.807, 2.05) is 0 Å². The lowest BCUT2D eigenvalue weighted by Gasteiger charge is -2.07. The summed E-state index contributed by atoms with van der Waals surface area (Å²) >= 11 is 12.9. The lowest BCUT2D eigenvalue weighted by Crippen LogP contribution is -2.13. The molecule has 0 aliphatic carbocycles. The molecule has 160 valence electrons. The van der Waals surface area contributed by atoms with E-state index in [-0.39, 0.29) is 43.2 Å². The van der Waals surface area contributed by atoms with Crippen molar-refractivity contribution in [2.45, 2.75) is 16.7 Å². The van der Waals surface area contributed by atoms with Gasteiger partial charge in [0.2, 0.25) is 5.16 Å². The quantitative estimate of drug-likeness (QED) is 0.371. The molecular weight excluding hydrogens is 481 g/mol. The van der Waals surface area contributed by atoms with Crippen molar-refractivity contribution >= 4 is 44.8 Å². The highest BCUT2D eigenvalue weighted by molar-refractivity contribution is 8.00. The van der Waals surface area contributed by atoms with Gasteiger partial charge in [-0.15, -0.1) is 10.2 Å². The van der Waals surface area contributed by atoms with Gasteiger partial charge in [0, 0.05) is 16.3 Å². The molecule has 30 heavy (non-hydrogen) atoms. The Morgan fingerprint density at radius 1 is 1.13 bits per heavy atom. The molecule has 1 heterocycles. The van der Waals surface area contributed by atoms with Crippen LogP contribution in [0.15, 0.2) is 52.5 Å². The first-order chi connectivity index (χ1) is 14.2. The maximum absolute atomic E-state index is 12.5. The Morgan fingerprint density at radius 2 is 1.83 bits per heavy atom. The highest BCUT2D eigenvalue weighted by atomic mass is 35.5. The molecule has 0 bridgehead atoms. The van der Waals surface area contributed by atoms with Gasteiger partial charge in [0.15, 0.2) is 15.7 Å². The van der Waals surface area contributed by atoms with Gasteiger partial charge in [-0.1, -0.05) is 35.0 Å². The van der Waals surface area contributed by atoms with Crippen molar-refractivity contribution < 1.29 is 21.9 Å². The third-order valence-electron chi connectivity index (χ3n) is 3.81. The molecule has 0 saturated heterocycles. The van der Waals surface area contributed by atoms with Crippen molar-refractivity contribution in [1.29, 1.82) is 0 Å².